The number of likely N-dealkylation sites (tertiary alicyclic amines) is 1. The third-order valence-electron chi connectivity index (χ3n) is 7.15. The maximum atomic E-state index is 11.7. The third-order valence-corrected chi connectivity index (χ3v) is 7.15. The van der Waals surface area contributed by atoms with Crippen molar-refractivity contribution in [2.75, 3.05) is 20.2 Å². The van der Waals surface area contributed by atoms with Gasteiger partial charge in [0.25, 0.3) is 5.91 Å². The summed E-state index contributed by atoms with van der Waals surface area (Å²) in [5, 5.41) is 1.30. The van der Waals surface area contributed by atoms with Crippen LogP contribution in [0.1, 0.15) is 40.9 Å². The number of nitrogens with two attached hydrogens (primary N) is 1. The van der Waals surface area contributed by atoms with Gasteiger partial charge < -0.3 is 15.5 Å². The van der Waals surface area contributed by atoms with Gasteiger partial charge in [0.15, 0.2) is 0 Å². The number of carbonyl (C=O) groups is 1. The zero-order valence-electron chi connectivity index (χ0n) is 17.3. The molecule has 3 atom stereocenters. The van der Waals surface area contributed by atoms with E-state index in [1.807, 2.05) is 19.2 Å². The van der Waals surface area contributed by atoms with Gasteiger partial charge in [-0.1, -0.05) is 24.6 Å². The Kier molecular flexibility index (Phi) is 4.83. The van der Waals surface area contributed by atoms with Crippen molar-refractivity contribution in [2.45, 2.75) is 31.4 Å². The van der Waals surface area contributed by atoms with Crippen LogP contribution in [0, 0.1) is 11.8 Å². The number of piperidine rings is 1. The highest BCUT2D eigenvalue weighted by molar-refractivity contribution is 5.90. The number of aromatic amines is 1. The Hall–Kier alpha value is -2.70. The van der Waals surface area contributed by atoms with Crippen LogP contribution in [0.5, 0.6) is 0 Å². The predicted molar refractivity (Wildman–Crippen MR) is 116 cm³/mol. The Morgan fingerprint density at radius 3 is 2.77 bits per heavy atom. The molecule has 1 aliphatic heterocycles. The molecule has 3 heterocycles. The quantitative estimate of drug-likeness (QED) is 0.682. The average Bonchev–Trinajstić information content (AvgIpc) is 3.16. The van der Waals surface area contributed by atoms with Gasteiger partial charge >= 0.3 is 0 Å². The Balaban J connectivity index is 1.45. The van der Waals surface area contributed by atoms with E-state index in [4.69, 9.17) is 10.5 Å². The Bertz CT molecular complexity index is 1060. The van der Waals surface area contributed by atoms with E-state index in [2.05, 4.69) is 45.3 Å². The summed E-state index contributed by atoms with van der Waals surface area (Å²) in [6, 6.07) is 12.3. The zero-order chi connectivity index (χ0) is 20.7. The number of nitrogens with one attached hydrogen (secondary N) is 1. The van der Waals surface area contributed by atoms with E-state index in [1.165, 1.54) is 22.9 Å². The summed E-state index contributed by atoms with van der Waals surface area (Å²) >= 11 is 0. The molecule has 3 N–H and O–H groups in total. The first-order valence-corrected chi connectivity index (χ1v) is 10.7. The van der Waals surface area contributed by atoms with Crippen LogP contribution in [0.3, 0.4) is 0 Å². The molecule has 1 saturated heterocycles. The van der Waals surface area contributed by atoms with Crippen LogP contribution < -0.4 is 5.73 Å². The smallest absolute Gasteiger partial charge is 0.267 e. The molecule has 0 spiro atoms. The fourth-order valence-corrected chi connectivity index (χ4v) is 5.89. The van der Waals surface area contributed by atoms with Crippen molar-refractivity contribution < 1.29 is 9.53 Å². The highest BCUT2D eigenvalue weighted by Crippen LogP contribution is 2.51. The number of hydrogen-bond donors (Lipinski definition) is 2. The van der Waals surface area contributed by atoms with E-state index in [0.29, 0.717) is 17.5 Å². The molecule has 6 nitrogen and oxygen atoms in total. The number of primary amides is 1. The summed E-state index contributed by atoms with van der Waals surface area (Å²) in [6.07, 6.45) is 7.27. The first kappa shape index (κ1) is 19.3. The van der Waals surface area contributed by atoms with Crippen molar-refractivity contribution in [2.24, 2.45) is 17.6 Å². The van der Waals surface area contributed by atoms with E-state index in [-0.39, 0.29) is 5.60 Å². The van der Waals surface area contributed by atoms with E-state index >= 15 is 0 Å². The molecule has 5 rings (SSSR count). The Morgan fingerprint density at radius 2 is 2.03 bits per heavy atom. The number of H-pyrrole nitrogens is 1. The maximum Gasteiger partial charge on any atom is 0.267 e. The predicted octanol–water partition coefficient (Wildman–Crippen LogP) is 3.44. The molecular weight excluding hydrogens is 376 g/mol. The molecule has 1 amide bonds. The fourth-order valence-electron chi connectivity index (χ4n) is 5.89. The van der Waals surface area contributed by atoms with Gasteiger partial charge in [-0.3, -0.25) is 14.7 Å². The van der Waals surface area contributed by atoms with Crippen LogP contribution in [0.15, 0.2) is 48.8 Å². The molecule has 2 fully saturated rings. The molecule has 156 valence electrons. The zero-order valence-corrected chi connectivity index (χ0v) is 17.3. The minimum absolute atomic E-state index is 0.309. The first-order valence-electron chi connectivity index (χ1n) is 10.7. The number of aromatic nitrogens is 2. The number of methoxy groups -OCH3 is 1. The number of nitrogens with zero attached hydrogens (tertiary/aromatic N) is 2. The number of pyridine rings is 1. The van der Waals surface area contributed by atoms with Crippen molar-refractivity contribution in [1.82, 2.24) is 14.9 Å². The number of ether oxygens (including phenoxy) is 1. The normalized spacial score (nSPS) is 26.7. The molecule has 2 bridgehead atoms. The maximum absolute atomic E-state index is 11.7. The summed E-state index contributed by atoms with van der Waals surface area (Å²) in [6.45, 7) is 2.87. The van der Waals surface area contributed by atoms with Crippen LogP contribution >= 0.6 is 0 Å². The van der Waals surface area contributed by atoms with Crippen molar-refractivity contribution in [3.05, 3.63) is 65.6 Å². The lowest BCUT2D eigenvalue weighted by atomic mass is 9.62. The summed E-state index contributed by atoms with van der Waals surface area (Å²) < 4.78 is 6.31. The molecule has 30 heavy (non-hydrogen) atoms. The molecule has 0 unspecified atom stereocenters. The standard InChI is InChI=1S/C24H28N4O2/c1-30-24(17-9-10-26-22(11-17)23(25)29)18-5-4-6-19(24)15-28(14-18)13-16-12-27-21-8-3-2-7-20(16)21/h2-3,7-12,18-19,27H,4-6,13-15H2,1H3,(H2,25,29)/t18-,19+,24-. The van der Waals surface area contributed by atoms with Gasteiger partial charge in [0.05, 0.1) is 0 Å². The van der Waals surface area contributed by atoms with Crippen molar-refractivity contribution in [3.8, 4) is 0 Å². The highest BCUT2D eigenvalue weighted by Gasteiger charge is 2.53. The van der Waals surface area contributed by atoms with Gasteiger partial charge in [-0.15, -0.1) is 0 Å². The van der Waals surface area contributed by atoms with E-state index in [0.717, 1.165) is 38.0 Å². The van der Waals surface area contributed by atoms with Gasteiger partial charge in [-0.05, 0) is 42.2 Å². The second kappa shape index (κ2) is 7.52. The van der Waals surface area contributed by atoms with Crippen molar-refractivity contribution in [3.63, 3.8) is 0 Å². The molecule has 2 aliphatic rings. The van der Waals surface area contributed by atoms with Gasteiger partial charge in [-0.25, -0.2) is 0 Å². The second-order valence-electron chi connectivity index (χ2n) is 8.67. The lowest BCUT2D eigenvalue weighted by molar-refractivity contribution is -0.170. The van der Waals surface area contributed by atoms with E-state index < -0.39 is 5.91 Å². The summed E-state index contributed by atoms with van der Waals surface area (Å²) in [4.78, 5) is 21.8. The largest absolute Gasteiger partial charge is 0.373 e. The van der Waals surface area contributed by atoms with Gasteiger partial charge in [0.1, 0.15) is 11.3 Å². The molecule has 0 radical (unpaired) electrons. The molecule has 1 aliphatic carbocycles. The van der Waals surface area contributed by atoms with Gasteiger partial charge in [-0.2, -0.15) is 0 Å². The van der Waals surface area contributed by atoms with Crippen molar-refractivity contribution >= 4 is 16.8 Å². The number of carbonyl (C=O) groups excluding carboxylic acids is 1. The number of rotatable bonds is 5. The van der Waals surface area contributed by atoms with Crippen LogP contribution in [0.2, 0.25) is 0 Å². The number of hydrogen-bond acceptors (Lipinski definition) is 4. The molecule has 1 saturated carbocycles. The lowest BCUT2D eigenvalue weighted by Crippen LogP contribution is -2.58. The second-order valence-corrected chi connectivity index (χ2v) is 8.67. The van der Waals surface area contributed by atoms with Crippen LogP contribution in [0.4, 0.5) is 0 Å². The fraction of sp³-hybridized carbons (Fsp3) is 0.417. The van der Waals surface area contributed by atoms with Crippen LogP contribution in [-0.2, 0) is 16.9 Å². The van der Waals surface area contributed by atoms with E-state index in [9.17, 15) is 4.79 Å². The molecule has 2 aromatic heterocycles. The SMILES string of the molecule is CO[C@]1(c2ccnc(C(N)=O)c2)[C@@H]2CCC[C@H]1CN(Cc1c[nH]c3ccccc13)C2. The van der Waals surface area contributed by atoms with Crippen molar-refractivity contribution in [1.29, 1.82) is 0 Å². The number of benzene rings is 1. The number of para-hydroxylation sites is 1. The minimum Gasteiger partial charge on any atom is -0.373 e. The van der Waals surface area contributed by atoms with Crippen LogP contribution in [-0.4, -0.2) is 41.0 Å². The lowest BCUT2D eigenvalue weighted by Gasteiger charge is -2.55. The minimum atomic E-state index is -0.495. The van der Waals surface area contributed by atoms with Gasteiger partial charge in [0.2, 0.25) is 0 Å². The number of fused-ring (bicyclic) bond motifs is 3. The third kappa shape index (κ3) is 3.02. The highest BCUT2D eigenvalue weighted by atomic mass is 16.5. The summed E-state index contributed by atoms with van der Waals surface area (Å²) in [5.41, 5.74) is 8.99. The number of amides is 1. The monoisotopic (exact) mass is 404 g/mol. The summed E-state index contributed by atoms with van der Waals surface area (Å²) in [7, 11) is 1.81. The topological polar surface area (TPSA) is 84.2 Å². The average molecular weight is 405 g/mol. The molecular formula is C24H28N4O2. The molecule has 1 aromatic carbocycles. The molecule has 6 heteroatoms. The first-order chi connectivity index (χ1) is 14.6. The van der Waals surface area contributed by atoms with E-state index in [1.54, 1.807) is 6.20 Å². The van der Waals surface area contributed by atoms with Crippen LogP contribution in [0.25, 0.3) is 10.9 Å². The summed E-state index contributed by atoms with van der Waals surface area (Å²) in [5.74, 6) is 0.233. The van der Waals surface area contributed by atoms with Gasteiger partial charge in [0, 0.05) is 61.9 Å². The Morgan fingerprint density at radius 1 is 1.27 bits per heavy atom. The Labute approximate surface area is 176 Å². The molecule has 3 aromatic rings.